The maximum Gasteiger partial charge on any atom is 0.0786 e. The van der Waals surface area contributed by atoms with E-state index < -0.39 is 0 Å². The highest BCUT2D eigenvalue weighted by atomic mass is 79.9. The van der Waals surface area contributed by atoms with Crippen molar-refractivity contribution in [3.05, 3.63) is 0 Å². The van der Waals surface area contributed by atoms with Gasteiger partial charge in [-0.15, -0.1) is 0 Å². The van der Waals surface area contributed by atoms with Crippen molar-refractivity contribution >= 4 is 0 Å². The van der Waals surface area contributed by atoms with Crippen LogP contribution in [0.1, 0.15) is 182 Å². The predicted octanol–water partition coefficient (Wildman–Crippen LogP) is 8.25. The van der Waals surface area contributed by atoms with Crippen LogP contribution >= 0.6 is 0 Å². The minimum absolute atomic E-state index is 0. The van der Waals surface area contributed by atoms with E-state index in [9.17, 15) is 0 Å². The highest BCUT2D eigenvalue weighted by Crippen LogP contribution is 2.20. The van der Waals surface area contributed by atoms with E-state index in [1.165, 1.54) is 185 Å². The summed E-state index contributed by atoms with van der Waals surface area (Å²) in [6.45, 7) is 15.3. The van der Waals surface area contributed by atoms with Crippen LogP contribution in [0.25, 0.3) is 0 Å². The predicted molar refractivity (Wildman–Crippen MR) is 153 cm³/mol. The van der Waals surface area contributed by atoms with E-state index >= 15 is 0 Å². The van der Waals surface area contributed by atoms with E-state index in [4.69, 9.17) is 0 Å². The van der Waals surface area contributed by atoms with Crippen LogP contribution in [0.3, 0.4) is 0 Å². The molecule has 0 radical (unpaired) electrons. The lowest BCUT2D eigenvalue weighted by Crippen LogP contribution is -3.00. The summed E-state index contributed by atoms with van der Waals surface area (Å²) < 4.78 is 1.48. The largest absolute Gasteiger partial charge is 1.00 e. The Morgan fingerprint density at radius 3 is 0.647 bits per heavy atom. The Morgan fingerprint density at radius 2 is 0.441 bits per heavy atom. The Kier molecular flexibility index (Phi) is 31.9. The molecular weight excluding hydrogens is 478 g/mol. The lowest BCUT2D eigenvalue weighted by Gasteiger charge is -2.40. The highest BCUT2D eigenvalue weighted by molar-refractivity contribution is 4.55. The SMILES string of the molecule is CCCCCCCC[N+](CCCCCCCC)(CCCCCCCC)CCCCCCCC.[Br-]. The molecule has 0 heterocycles. The van der Waals surface area contributed by atoms with Gasteiger partial charge in [-0.05, 0) is 51.4 Å². The van der Waals surface area contributed by atoms with Gasteiger partial charge in [-0.3, -0.25) is 0 Å². The molecule has 208 valence electrons. The van der Waals surface area contributed by atoms with Gasteiger partial charge in [0.25, 0.3) is 0 Å². The minimum atomic E-state index is 0. The van der Waals surface area contributed by atoms with Crippen LogP contribution in [0.2, 0.25) is 0 Å². The van der Waals surface area contributed by atoms with Crippen LogP contribution in [0.4, 0.5) is 0 Å². The van der Waals surface area contributed by atoms with E-state index in [1.807, 2.05) is 0 Å². The summed E-state index contributed by atoms with van der Waals surface area (Å²) in [6.07, 6.45) is 34.8. The fraction of sp³-hybridized carbons (Fsp3) is 1.00. The summed E-state index contributed by atoms with van der Waals surface area (Å²) in [5.41, 5.74) is 0. The molecule has 0 atom stereocenters. The average molecular weight is 547 g/mol. The molecule has 0 aromatic carbocycles. The van der Waals surface area contributed by atoms with Gasteiger partial charge < -0.3 is 21.5 Å². The first-order chi connectivity index (χ1) is 16.2. The average Bonchev–Trinajstić information content (AvgIpc) is 2.83. The lowest BCUT2D eigenvalue weighted by molar-refractivity contribution is -0.929. The second-order valence-corrected chi connectivity index (χ2v) is 11.3. The summed E-state index contributed by atoms with van der Waals surface area (Å²) in [6, 6.07) is 0. The molecule has 0 aliphatic carbocycles. The van der Waals surface area contributed by atoms with Crippen molar-refractivity contribution in [3.8, 4) is 0 Å². The summed E-state index contributed by atoms with van der Waals surface area (Å²) in [5, 5.41) is 0. The topological polar surface area (TPSA) is 0 Å². The van der Waals surface area contributed by atoms with E-state index in [0.717, 1.165) is 0 Å². The highest BCUT2D eigenvalue weighted by Gasteiger charge is 2.25. The van der Waals surface area contributed by atoms with E-state index in [0.29, 0.717) is 0 Å². The van der Waals surface area contributed by atoms with Gasteiger partial charge in [0.1, 0.15) is 0 Å². The number of unbranched alkanes of at least 4 members (excludes halogenated alkanes) is 20. The Labute approximate surface area is 229 Å². The second kappa shape index (κ2) is 29.7. The summed E-state index contributed by atoms with van der Waals surface area (Å²) >= 11 is 0. The number of halogens is 1. The number of quaternary nitrogens is 1. The molecule has 0 spiro atoms. The third kappa shape index (κ3) is 24.1. The summed E-state index contributed by atoms with van der Waals surface area (Å²) in [5.74, 6) is 0. The first-order valence-corrected chi connectivity index (χ1v) is 16.1. The summed E-state index contributed by atoms with van der Waals surface area (Å²) in [4.78, 5) is 0. The molecule has 2 heteroatoms. The zero-order valence-corrected chi connectivity index (χ0v) is 26.2. The van der Waals surface area contributed by atoms with Crippen molar-refractivity contribution in [2.24, 2.45) is 0 Å². The molecule has 0 unspecified atom stereocenters. The molecule has 1 nitrogen and oxygen atoms in total. The molecule has 0 aliphatic heterocycles. The third-order valence-electron chi connectivity index (χ3n) is 7.94. The van der Waals surface area contributed by atoms with Gasteiger partial charge in [-0.25, -0.2) is 0 Å². The molecule has 0 aromatic rings. The van der Waals surface area contributed by atoms with Crippen LogP contribution in [0, 0.1) is 0 Å². The molecule has 0 rings (SSSR count). The van der Waals surface area contributed by atoms with Gasteiger partial charge in [0, 0.05) is 0 Å². The van der Waals surface area contributed by atoms with Gasteiger partial charge in [-0.2, -0.15) is 0 Å². The quantitative estimate of drug-likeness (QED) is 0.0685. The van der Waals surface area contributed by atoms with Crippen molar-refractivity contribution < 1.29 is 21.5 Å². The number of hydrogen-bond acceptors (Lipinski definition) is 0. The van der Waals surface area contributed by atoms with E-state index in [2.05, 4.69) is 27.7 Å². The molecule has 0 amide bonds. The first-order valence-electron chi connectivity index (χ1n) is 16.1. The Bertz CT molecular complexity index is 287. The Balaban J connectivity index is 0. The molecule has 0 bridgehead atoms. The van der Waals surface area contributed by atoms with Crippen molar-refractivity contribution in [3.63, 3.8) is 0 Å². The van der Waals surface area contributed by atoms with Crippen molar-refractivity contribution in [1.29, 1.82) is 0 Å². The van der Waals surface area contributed by atoms with Crippen LogP contribution in [0.15, 0.2) is 0 Å². The normalized spacial score (nSPS) is 11.6. The number of rotatable bonds is 28. The fourth-order valence-electron chi connectivity index (χ4n) is 5.58. The van der Waals surface area contributed by atoms with E-state index in [-0.39, 0.29) is 17.0 Å². The van der Waals surface area contributed by atoms with Gasteiger partial charge >= 0.3 is 0 Å². The molecule has 0 saturated heterocycles. The van der Waals surface area contributed by atoms with Crippen LogP contribution in [-0.4, -0.2) is 30.7 Å². The number of hydrogen-bond donors (Lipinski definition) is 0. The van der Waals surface area contributed by atoms with Crippen molar-refractivity contribution in [2.45, 2.75) is 182 Å². The maximum absolute atomic E-state index is 2.34. The minimum Gasteiger partial charge on any atom is -1.00 e. The smallest absolute Gasteiger partial charge is 0.0786 e. The van der Waals surface area contributed by atoms with Crippen LogP contribution in [0.5, 0.6) is 0 Å². The third-order valence-corrected chi connectivity index (χ3v) is 7.94. The van der Waals surface area contributed by atoms with Gasteiger partial charge in [-0.1, -0.05) is 130 Å². The second-order valence-electron chi connectivity index (χ2n) is 11.3. The standard InChI is InChI=1S/C32H68N.BrH/c1-5-9-13-17-21-25-29-33(30-26-22-18-14-10-6-2,31-27-23-19-15-11-7-3)32-28-24-20-16-12-8-4;/h5-32H2,1-4H3;1H/q+1;/p-1. The summed E-state index contributed by atoms with van der Waals surface area (Å²) in [7, 11) is 0. The molecular formula is C32H68BrN. The fourth-order valence-corrected chi connectivity index (χ4v) is 5.58. The lowest BCUT2D eigenvalue weighted by atomic mass is 10.0. The van der Waals surface area contributed by atoms with E-state index in [1.54, 1.807) is 0 Å². The van der Waals surface area contributed by atoms with Crippen LogP contribution in [-0.2, 0) is 0 Å². The Hall–Kier alpha value is 0.440. The monoisotopic (exact) mass is 545 g/mol. The Morgan fingerprint density at radius 1 is 0.265 bits per heavy atom. The molecule has 0 fully saturated rings. The first kappa shape index (κ1) is 36.6. The zero-order valence-electron chi connectivity index (χ0n) is 24.6. The zero-order chi connectivity index (χ0) is 24.3. The van der Waals surface area contributed by atoms with Gasteiger partial charge in [0.2, 0.25) is 0 Å². The van der Waals surface area contributed by atoms with Crippen molar-refractivity contribution in [2.75, 3.05) is 26.2 Å². The van der Waals surface area contributed by atoms with Gasteiger partial charge in [0.15, 0.2) is 0 Å². The molecule has 0 N–H and O–H groups in total. The van der Waals surface area contributed by atoms with Gasteiger partial charge in [0.05, 0.1) is 26.2 Å². The molecule has 0 saturated carbocycles. The van der Waals surface area contributed by atoms with Crippen molar-refractivity contribution in [1.82, 2.24) is 0 Å². The number of nitrogens with zero attached hydrogens (tertiary/aromatic N) is 1. The molecule has 0 aromatic heterocycles. The molecule has 34 heavy (non-hydrogen) atoms. The van der Waals surface area contributed by atoms with Crippen LogP contribution < -0.4 is 17.0 Å². The maximum atomic E-state index is 2.34. The molecule has 0 aliphatic rings.